The number of aliphatic hydroxyl groups is 1. The third kappa shape index (κ3) is 80.7. The highest BCUT2D eigenvalue weighted by Crippen LogP contribution is 2.45. The van der Waals surface area contributed by atoms with Gasteiger partial charge >= 0.3 is 39.5 Å². The number of phosphoric ester groups is 2. The Morgan fingerprint density at radius 1 is 0.259 bits per heavy atom. The molecule has 0 radical (unpaired) electrons. The first-order valence-electron chi connectivity index (χ1n) is 46.2. The zero-order chi connectivity index (χ0) is 79.0. The summed E-state index contributed by atoms with van der Waals surface area (Å²) in [5.74, 6) is -1.22. The van der Waals surface area contributed by atoms with Crippen molar-refractivity contribution in [3.05, 3.63) is 0 Å². The van der Waals surface area contributed by atoms with Crippen LogP contribution in [0.15, 0.2) is 0 Å². The number of hydrogen-bond acceptors (Lipinski definition) is 15. The van der Waals surface area contributed by atoms with Crippen LogP contribution in [0, 0.1) is 5.92 Å². The van der Waals surface area contributed by atoms with Gasteiger partial charge in [0.25, 0.3) is 0 Å². The Hall–Kier alpha value is -1.94. The Morgan fingerprint density at radius 3 is 0.657 bits per heavy atom. The van der Waals surface area contributed by atoms with E-state index in [4.69, 9.17) is 37.0 Å². The normalized spacial score (nSPS) is 14.0. The van der Waals surface area contributed by atoms with Crippen molar-refractivity contribution in [2.75, 3.05) is 39.6 Å². The molecule has 0 aromatic carbocycles. The number of carbonyl (C=O) groups excluding carboxylic acids is 4. The van der Waals surface area contributed by atoms with Crippen LogP contribution in [0.25, 0.3) is 0 Å². The van der Waals surface area contributed by atoms with Gasteiger partial charge in [-0.15, -0.1) is 0 Å². The predicted molar refractivity (Wildman–Crippen MR) is 446 cm³/mol. The van der Waals surface area contributed by atoms with E-state index in [-0.39, 0.29) is 25.7 Å². The molecular formula is C89H174O17P2. The van der Waals surface area contributed by atoms with Crippen LogP contribution in [-0.4, -0.2) is 96.7 Å². The molecule has 0 aliphatic heterocycles. The molecule has 0 saturated carbocycles. The first kappa shape index (κ1) is 106. The number of phosphoric acid groups is 2. The van der Waals surface area contributed by atoms with Gasteiger partial charge in [-0.25, -0.2) is 9.13 Å². The van der Waals surface area contributed by atoms with Crippen molar-refractivity contribution in [1.82, 2.24) is 0 Å². The summed E-state index contributed by atoms with van der Waals surface area (Å²) >= 11 is 0. The van der Waals surface area contributed by atoms with E-state index < -0.39 is 97.5 Å². The number of carbonyl (C=O) groups is 4. The molecule has 3 N–H and O–H groups in total. The molecule has 0 bridgehead atoms. The van der Waals surface area contributed by atoms with Crippen LogP contribution in [0.1, 0.15) is 484 Å². The number of rotatable bonds is 89. The highest BCUT2D eigenvalue weighted by molar-refractivity contribution is 7.47. The minimum Gasteiger partial charge on any atom is -0.462 e. The van der Waals surface area contributed by atoms with E-state index in [2.05, 4.69) is 34.6 Å². The fourth-order valence-corrected chi connectivity index (χ4v) is 15.5. The van der Waals surface area contributed by atoms with E-state index in [0.717, 1.165) is 95.8 Å². The zero-order valence-corrected chi connectivity index (χ0v) is 72.8. The van der Waals surface area contributed by atoms with Crippen LogP contribution in [-0.2, 0) is 65.4 Å². The summed E-state index contributed by atoms with van der Waals surface area (Å²) in [6.07, 6.45) is 76.4. The SMILES string of the molecule is CCCCCCCCCCCCCCCCCCCCCCCC(=O)OC[C@H](COP(=O)(O)OC[C@@H](O)COP(=O)(O)OC[C@@H](COC(=O)CCCCCCCCCCCCCC)OC(=O)CCCCCCCCCCCCCCC)OC(=O)CCCCCCCCCCCCCCCCCCCCC(C)CC. The third-order valence-corrected chi connectivity index (χ3v) is 23.3. The molecule has 19 heteroatoms. The second-order valence-corrected chi connectivity index (χ2v) is 35.1. The van der Waals surface area contributed by atoms with E-state index >= 15 is 0 Å². The second kappa shape index (κ2) is 81.6. The molecule has 0 aromatic heterocycles. The molecular weight excluding hydrogens is 1400 g/mol. The molecule has 0 aliphatic carbocycles. The lowest BCUT2D eigenvalue weighted by atomic mass is 9.99. The average Bonchev–Trinajstić information content (AvgIpc) is 0.900. The highest BCUT2D eigenvalue weighted by Gasteiger charge is 2.31. The Morgan fingerprint density at radius 2 is 0.444 bits per heavy atom. The standard InChI is InChI=1S/C89H174O17P2/c1-6-10-13-16-19-22-25-28-29-30-31-32-33-37-40-44-48-53-58-63-68-73-87(92)100-79-85(106-89(94)75-70-65-60-55-50-45-41-38-35-34-36-39-43-46-51-56-61-66-71-82(5)9-4)81-104-108(97,98)102-77-83(90)76-101-107(95,96)103-80-84(78-99-86(91)72-67-62-57-52-47-27-24-21-18-15-12-8-3)105-88(93)74-69-64-59-54-49-42-26-23-20-17-14-11-7-2/h82-85,90H,6-81H2,1-5H3,(H,95,96)(H,97,98)/t82?,83-,84+,85+/m0/s1. The van der Waals surface area contributed by atoms with Gasteiger partial charge in [0.05, 0.1) is 26.4 Å². The second-order valence-electron chi connectivity index (χ2n) is 32.2. The van der Waals surface area contributed by atoms with Crippen LogP contribution < -0.4 is 0 Å². The van der Waals surface area contributed by atoms with Gasteiger partial charge in [-0.05, 0) is 31.6 Å². The van der Waals surface area contributed by atoms with E-state index in [1.54, 1.807) is 0 Å². The Labute approximate surface area is 664 Å². The summed E-state index contributed by atoms with van der Waals surface area (Å²) in [6, 6.07) is 0. The van der Waals surface area contributed by atoms with Crippen molar-refractivity contribution in [1.29, 1.82) is 0 Å². The van der Waals surface area contributed by atoms with Gasteiger partial charge in [0, 0.05) is 25.7 Å². The summed E-state index contributed by atoms with van der Waals surface area (Å²) < 4.78 is 69.0. The summed E-state index contributed by atoms with van der Waals surface area (Å²) in [6.45, 7) is 7.45. The first-order chi connectivity index (χ1) is 52.6. The van der Waals surface area contributed by atoms with Crippen molar-refractivity contribution in [2.45, 2.75) is 502 Å². The molecule has 642 valence electrons. The molecule has 0 aromatic rings. The molecule has 6 atom stereocenters. The molecule has 0 spiro atoms. The lowest BCUT2D eigenvalue weighted by molar-refractivity contribution is -0.161. The smallest absolute Gasteiger partial charge is 0.462 e. The van der Waals surface area contributed by atoms with Crippen molar-refractivity contribution in [3.8, 4) is 0 Å². The molecule has 0 saturated heterocycles. The fourth-order valence-electron chi connectivity index (χ4n) is 14.0. The molecule has 0 rings (SSSR count). The Kier molecular flexibility index (Phi) is 80.2. The third-order valence-electron chi connectivity index (χ3n) is 21.4. The van der Waals surface area contributed by atoms with Gasteiger partial charge in [0.1, 0.15) is 19.3 Å². The van der Waals surface area contributed by atoms with Crippen LogP contribution in [0.4, 0.5) is 0 Å². The van der Waals surface area contributed by atoms with Crippen LogP contribution in [0.5, 0.6) is 0 Å². The van der Waals surface area contributed by atoms with Gasteiger partial charge < -0.3 is 33.8 Å². The lowest BCUT2D eigenvalue weighted by Gasteiger charge is -2.21. The molecule has 0 aliphatic rings. The number of hydrogen-bond donors (Lipinski definition) is 3. The van der Waals surface area contributed by atoms with Crippen molar-refractivity contribution in [2.24, 2.45) is 5.92 Å². The largest absolute Gasteiger partial charge is 0.472 e. The molecule has 3 unspecified atom stereocenters. The van der Waals surface area contributed by atoms with Crippen molar-refractivity contribution < 1.29 is 80.2 Å². The van der Waals surface area contributed by atoms with E-state index in [9.17, 15) is 43.2 Å². The number of aliphatic hydroxyl groups excluding tert-OH is 1. The number of esters is 4. The summed E-state index contributed by atoms with van der Waals surface area (Å²) in [5.41, 5.74) is 0. The monoisotopic (exact) mass is 1580 g/mol. The van der Waals surface area contributed by atoms with Gasteiger partial charge in [-0.2, -0.15) is 0 Å². The topological polar surface area (TPSA) is 237 Å². The van der Waals surface area contributed by atoms with Crippen molar-refractivity contribution in [3.63, 3.8) is 0 Å². The van der Waals surface area contributed by atoms with E-state index in [1.165, 1.54) is 308 Å². The van der Waals surface area contributed by atoms with Crippen LogP contribution in [0.2, 0.25) is 0 Å². The number of ether oxygens (including phenoxy) is 4. The summed E-state index contributed by atoms with van der Waals surface area (Å²) in [5, 5.41) is 10.7. The first-order valence-corrected chi connectivity index (χ1v) is 49.2. The molecule has 108 heavy (non-hydrogen) atoms. The maximum Gasteiger partial charge on any atom is 0.472 e. The summed E-state index contributed by atoms with van der Waals surface area (Å²) in [7, 11) is -9.93. The quantitative estimate of drug-likeness (QED) is 0.0222. The predicted octanol–water partition coefficient (Wildman–Crippen LogP) is 27.5. The fraction of sp³-hybridized carbons (Fsp3) is 0.955. The molecule has 0 fully saturated rings. The van der Waals surface area contributed by atoms with E-state index in [1.807, 2.05) is 0 Å². The average molecular weight is 1580 g/mol. The zero-order valence-electron chi connectivity index (χ0n) is 71.0. The Balaban J connectivity index is 5.22. The van der Waals surface area contributed by atoms with Gasteiger partial charge in [-0.3, -0.25) is 37.3 Å². The minimum absolute atomic E-state index is 0.109. The number of unbranched alkanes of at least 4 members (excludes halogenated alkanes) is 60. The summed E-state index contributed by atoms with van der Waals surface area (Å²) in [4.78, 5) is 73.3. The van der Waals surface area contributed by atoms with Gasteiger partial charge in [-0.1, -0.05) is 433 Å². The Bertz CT molecular complexity index is 2050. The van der Waals surface area contributed by atoms with Gasteiger partial charge in [0.2, 0.25) is 0 Å². The molecule has 0 amide bonds. The maximum atomic E-state index is 13.2. The maximum absolute atomic E-state index is 13.2. The van der Waals surface area contributed by atoms with Crippen molar-refractivity contribution >= 4 is 39.5 Å². The molecule has 0 heterocycles. The lowest BCUT2D eigenvalue weighted by Crippen LogP contribution is -2.30. The minimum atomic E-state index is -4.97. The van der Waals surface area contributed by atoms with Crippen LogP contribution >= 0.6 is 15.6 Å². The molecule has 17 nitrogen and oxygen atoms in total. The highest BCUT2D eigenvalue weighted by atomic mass is 31.2. The van der Waals surface area contributed by atoms with Gasteiger partial charge in [0.15, 0.2) is 12.2 Å². The van der Waals surface area contributed by atoms with E-state index in [0.29, 0.717) is 25.7 Å². The van der Waals surface area contributed by atoms with Crippen LogP contribution in [0.3, 0.4) is 0 Å².